The van der Waals surface area contributed by atoms with E-state index in [9.17, 15) is 18.3 Å². The maximum absolute atomic E-state index is 13.0. The Labute approximate surface area is 149 Å². The second-order valence-electron chi connectivity index (χ2n) is 6.55. The van der Waals surface area contributed by atoms with Gasteiger partial charge in [-0.2, -0.15) is 28.1 Å². The molecule has 0 aliphatic heterocycles. The number of nitrogens with zero attached hydrogens (tertiary/aromatic N) is 3. The summed E-state index contributed by atoms with van der Waals surface area (Å²) in [5, 5.41) is 15.2. The molecule has 1 unspecified atom stereocenters. The molecule has 1 saturated carbocycles. The molecule has 0 saturated heterocycles. The minimum atomic E-state index is -4.52. The molecule has 1 heterocycles. The average Bonchev–Trinajstić information content (AvgIpc) is 2.55. The van der Waals surface area contributed by atoms with Gasteiger partial charge in [0.2, 0.25) is 11.9 Å². The molecule has 3 rings (SSSR count). The number of rotatable bonds is 5. The van der Waals surface area contributed by atoms with E-state index in [-0.39, 0.29) is 17.9 Å². The summed E-state index contributed by atoms with van der Waals surface area (Å²) in [6, 6.07) is 0.229. The molecule has 9 heteroatoms. The average molecular weight is 369 g/mol. The lowest BCUT2D eigenvalue weighted by atomic mass is 9.93. The summed E-state index contributed by atoms with van der Waals surface area (Å²) in [5.74, 6) is 0.379. The van der Waals surface area contributed by atoms with Gasteiger partial charge >= 0.3 is 6.18 Å². The van der Waals surface area contributed by atoms with E-state index in [1.165, 1.54) is 6.92 Å². The van der Waals surface area contributed by atoms with Crippen LogP contribution in [0.4, 0.5) is 25.1 Å². The number of alkyl halides is 3. The molecule has 26 heavy (non-hydrogen) atoms. The van der Waals surface area contributed by atoms with Crippen molar-refractivity contribution in [1.82, 2.24) is 15.0 Å². The highest BCUT2D eigenvalue weighted by Crippen LogP contribution is 2.29. The number of nitrogens with one attached hydrogen (secondary N) is 2. The molecule has 0 bridgehead atoms. The van der Waals surface area contributed by atoms with Crippen molar-refractivity contribution in [1.29, 1.82) is 0 Å². The van der Waals surface area contributed by atoms with Gasteiger partial charge in [0, 0.05) is 6.04 Å². The van der Waals surface area contributed by atoms with Crippen LogP contribution in [0.1, 0.15) is 51.3 Å². The second-order valence-corrected chi connectivity index (χ2v) is 6.55. The number of allylic oxidation sites excluding steroid dienone is 3. The van der Waals surface area contributed by atoms with Gasteiger partial charge in [-0.15, -0.1) is 0 Å². The summed E-state index contributed by atoms with van der Waals surface area (Å²) in [5.41, 5.74) is -0.207. The van der Waals surface area contributed by atoms with Crippen LogP contribution in [0.5, 0.6) is 0 Å². The van der Waals surface area contributed by atoms with E-state index in [0.717, 1.165) is 37.3 Å². The third-order valence-electron chi connectivity index (χ3n) is 4.54. The number of hydrogen-bond donors (Lipinski definition) is 3. The van der Waals surface area contributed by atoms with Crippen LogP contribution >= 0.6 is 0 Å². The van der Waals surface area contributed by atoms with Crippen LogP contribution < -0.4 is 10.6 Å². The number of aromatic nitrogens is 3. The first kappa shape index (κ1) is 18.6. The molecule has 1 fully saturated rings. The molecule has 3 N–H and O–H groups in total. The first-order chi connectivity index (χ1) is 12.3. The summed E-state index contributed by atoms with van der Waals surface area (Å²) < 4.78 is 39.1. The lowest BCUT2D eigenvalue weighted by molar-refractivity contribution is -0.0904. The van der Waals surface area contributed by atoms with Crippen LogP contribution in [0.2, 0.25) is 0 Å². The quantitative estimate of drug-likeness (QED) is 0.735. The molecular formula is C17H22F3N5O. The van der Waals surface area contributed by atoms with Crippen LogP contribution in [-0.2, 0) is 0 Å². The van der Waals surface area contributed by atoms with Crippen molar-refractivity contribution >= 4 is 17.5 Å². The van der Waals surface area contributed by atoms with Crippen molar-refractivity contribution in [3.05, 3.63) is 23.7 Å². The Bertz CT molecular complexity index is 713. The van der Waals surface area contributed by atoms with Crippen molar-refractivity contribution in [3.63, 3.8) is 0 Å². The summed E-state index contributed by atoms with van der Waals surface area (Å²) in [6.45, 7) is 1.30. The van der Waals surface area contributed by atoms with Crippen LogP contribution in [0.15, 0.2) is 17.8 Å². The van der Waals surface area contributed by atoms with Crippen molar-refractivity contribution in [2.75, 3.05) is 10.6 Å². The molecule has 0 radical (unpaired) electrons. The van der Waals surface area contributed by atoms with Gasteiger partial charge in [-0.25, -0.2) is 0 Å². The number of anilines is 2. The summed E-state index contributed by atoms with van der Waals surface area (Å²) >= 11 is 0. The fraction of sp³-hybridized carbons (Fsp3) is 0.588. The zero-order chi connectivity index (χ0) is 18.7. The maximum Gasteiger partial charge on any atom is 0.431 e. The Morgan fingerprint density at radius 1 is 1.15 bits per heavy atom. The maximum atomic E-state index is 13.0. The number of hydrogen-bond acceptors (Lipinski definition) is 6. The Morgan fingerprint density at radius 2 is 1.88 bits per heavy atom. The number of aliphatic hydroxyl groups excluding tert-OH is 1. The van der Waals surface area contributed by atoms with Gasteiger partial charge in [0.15, 0.2) is 5.82 Å². The predicted molar refractivity (Wildman–Crippen MR) is 92.4 cm³/mol. The Hall–Kier alpha value is -2.16. The van der Waals surface area contributed by atoms with E-state index >= 15 is 0 Å². The molecule has 1 aromatic rings. The summed E-state index contributed by atoms with van der Waals surface area (Å²) in [6.07, 6.45) is 2.65. The van der Waals surface area contributed by atoms with Gasteiger partial charge in [0.05, 0.1) is 6.10 Å². The predicted octanol–water partition coefficient (Wildman–Crippen LogP) is 3.64. The van der Waals surface area contributed by atoms with Crippen LogP contribution in [0, 0.1) is 0 Å². The molecular weight excluding hydrogens is 347 g/mol. The van der Waals surface area contributed by atoms with Crippen LogP contribution in [-0.4, -0.2) is 38.4 Å². The minimum Gasteiger partial charge on any atom is -0.389 e. The smallest absolute Gasteiger partial charge is 0.389 e. The van der Waals surface area contributed by atoms with Crippen molar-refractivity contribution < 1.29 is 18.3 Å². The zero-order valence-corrected chi connectivity index (χ0v) is 14.5. The Kier molecular flexibility index (Phi) is 5.45. The van der Waals surface area contributed by atoms with E-state index in [1.54, 1.807) is 6.08 Å². The normalized spacial score (nSPS) is 21.8. The van der Waals surface area contributed by atoms with E-state index < -0.39 is 18.0 Å². The minimum absolute atomic E-state index is 0.164. The van der Waals surface area contributed by atoms with Gasteiger partial charge in [0.25, 0.3) is 0 Å². The molecule has 2 aliphatic carbocycles. The fourth-order valence-electron chi connectivity index (χ4n) is 2.89. The van der Waals surface area contributed by atoms with Gasteiger partial charge in [-0.05, 0) is 57.1 Å². The molecule has 1 aromatic heterocycles. The third-order valence-corrected chi connectivity index (χ3v) is 4.54. The lowest BCUT2D eigenvalue weighted by Crippen LogP contribution is -2.29. The van der Waals surface area contributed by atoms with Crippen molar-refractivity contribution in [2.24, 2.45) is 0 Å². The fourth-order valence-corrected chi connectivity index (χ4v) is 2.89. The van der Waals surface area contributed by atoms with Crippen LogP contribution in [0.25, 0.3) is 5.57 Å². The van der Waals surface area contributed by atoms with E-state index in [2.05, 4.69) is 25.6 Å². The lowest BCUT2D eigenvalue weighted by Gasteiger charge is -2.26. The van der Waals surface area contributed by atoms with Crippen molar-refractivity contribution in [3.8, 4) is 0 Å². The Balaban J connectivity index is 1.92. The monoisotopic (exact) mass is 369 g/mol. The summed E-state index contributed by atoms with van der Waals surface area (Å²) in [7, 11) is 0. The van der Waals surface area contributed by atoms with E-state index in [4.69, 9.17) is 0 Å². The molecule has 6 nitrogen and oxygen atoms in total. The summed E-state index contributed by atoms with van der Waals surface area (Å²) in [4.78, 5) is 12.6. The topological polar surface area (TPSA) is 83.0 Å². The van der Waals surface area contributed by atoms with Gasteiger partial charge in [-0.3, -0.25) is 0 Å². The third kappa shape index (κ3) is 4.51. The van der Waals surface area contributed by atoms with Gasteiger partial charge < -0.3 is 15.7 Å². The SMILES string of the molecule is CC=C(Nc1nc(NC2CCC2)nc(C2=CC(O)CCC2)n1)C(F)(F)F. The van der Waals surface area contributed by atoms with Crippen molar-refractivity contribution in [2.45, 2.75) is 63.8 Å². The molecule has 0 spiro atoms. The zero-order valence-electron chi connectivity index (χ0n) is 14.5. The number of aliphatic hydroxyl groups is 1. The van der Waals surface area contributed by atoms with E-state index in [1.807, 2.05) is 0 Å². The molecule has 1 atom stereocenters. The van der Waals surface area contributed by atoms with Crippen LogP contribution in [0.3, 0.4) is 0 Å². The standard InChI is InChI=1S/C17H22F3N5O/c1-2-13(17(18,19)20)22-16-24-14(10-5-3-8-12(26)9-10)23-15(25-16)21-11-6-4-7-11/h2,9,11-12,26H,3-8H2,1H3,(H2,21,22,23,24,25). The molecule has 0 aromatic carbocycles. The largest absolute Gasteiger partial charge is 0.431 e. The highest BCUT2D eigenvalue weighted by atomic mass is 19.4. The molecule has 0 amide bonds. The van der Waals surface area contributed by atoms with E-state index in [0.29, 0.717) is 18.7 Å². The Morgan fingerprint density at radius 3 is 2.46 bits per heavy atom. The first-order valence-corrected chi connectivity index (χ1v) is 8.77. The second kappa shape index (κ2) is 7.61. The highest BCUT2D eigenvalue weighted by molar-refractivity contribution is 5.63. The molecule has 2 aliphatic rings. The molecule has 142 valence electrons. The number of halogens is 3. The highest BCUT2D eigenvalue weighted by Gasteiger charge is 2.34. The first-order valence-electron chi connectivity index (χ1n) is 8.77. The van der Waals surface area contributed by atoms with Gasteiger partial charge in [0.1, 0.15) is 5.70 Å². The van der Waals surface area contributed by atoms with Gasteiger partial charge in [-0.1, -0.05) is 6.08 Å².